The molecule has 1 aliphatic heterocycles. The van der Waals surface area contributed by atoms with E-state index in [1.54, 1.807) is 20.2 Å². The Labute approximate surface area is 131 Å². The summed E-state index contributed by atoms with van der Waals surface area (Å²) in [5, 5.41) is 3.09. The molecule has 1 heterocycles. The van der Waals surface area contributed by atoms with E-state index in [-0.39, 0.29) is 11.5 Å². The predicted octanol–water partition coefficient (Wildman–Crippen LogP) is 1.09. The number of nitrogens with one attached hydrogen (secondary N) is 1. The van der Waals surface area contributed by atoms with Crippen molar-refractivity contribution in [2.75, 3.05) is 33.7 Å². The van der Waals surface area contributed by atoms with Crippen LogP contribution in [0.4, 0.5) is 4.39 Å². The van der Waals surface area contributed by atoms with E-state index in [0.717, 1.165) is 0 Å². The first-order chi connectivity index (χ1) is 9.93. The highest BCUT2D eigenvalue weighted by Crippen LogP contribution is 2.23. The molecule has 0 aliphatic carbocycles. The number of piperazine rings is 1. The fourth-order valence-electron chi connectivity index (χ4n) is 2.31. The van der Waals surface area contributed by atoms with E-state index >= 15 is 0 Å². The molecule has 1 fully saturated rings. The summed E-state index contributed by atoms with van der Waals surface area (Å²) < 4.78 is 14.3. The molecule has 0 saturated carbocycles. The molecule has 0 bridgehead atoms. The summed E-state index contributed by atoms with van der Waals surface area (Å²) >= 11 is 3.20. The second-order valence-electron chi connectivity index (χ2n) is 5.05. The van der Waals surface area contributed by atoms with Gasteiger partial charge in [-0.05, 0) is 28.1 Å². The summed E-state index contributed by atoms with van der Waals surface area (Å²) in [6, 6.07) is 3.76. The summed E-state index contributed by atoms with van der Waals surface area (Å²) in [4.78, 5) is 27.7. The van der Waals surface area contributed by atoms with Crippen LogP contribution in [0, 0.1) is 5.82 Å². The zero-order valence-electron chi connectivity index (χ0n) is 11.9. The minimum Gasteiger partial charge on any atom is -0.347 e. The van der Waals surface area contributed by atoms with Crippen molar-refractivity contribution in [3.8, 4) is 0 Å². The van der Waals surface area contributed by atoms with Gasteiger partial charge in [-0.25, -0.2) is 4.39 Å². The number of rotatable bonds is 2. The first-order valence-corrected chi connectivity index (χ1v) is 7.39. The summed E-state index contributed by atoms with van der Waals surface area (Å²) in [6.07, 6.45) is 0. The number of amides is 2. The van der Waals surface area contributed by atoms with Crippen LogP contribution < -0.4 is 5.32 Å². The van der Waals surface area contributed by atoms with Crippen LogP contribution in [0.2, 0.25) is 0 Å². The van der Waals surface area contributed by atoms with Gasteiger partial charge in [-0.15, -0.1) is 0 Å². The number of benzene rings is 1. The van der Waals surface area contributed by atoms with Gasteiger partial charge in [0, 0.05) is 38.2 Å². The van der Waals surface area contributed by atoms with Crippen LogP contribution in [0.1, 0.15) is 10.4 Å². The Kier molecular flexibility index (Phi) is 4.95. The van der Waals surface area contributed by atoms with E-state index in [4.69, 9.17) is 0 Å². The molecule has 2 amide bonds. The molecular weight excluding hydrogens is 341 g/mol. The Morgan fingerprint density at radius 1 is 1.43 bits per heavy atom. The van der Waals surface area contributed by atoms with Crippen LogP contribution in [0.25, 0.3) is 0 Å². The van der Waals surface area contributed by atoms with E-state index < -0.39 is 17.8 Å². The predicted molar refractivity (Wildman–Crippen MR) is 80.5 cm³/mol. The van der Waals surface area contributed by atoms with E-state index in [2.05, 4.69) is 21.2 Å². The zero-order chi connectivity index (χ0) is 15.6. The van der Waals surface area contributed by atoms with Crippen molar-refractivity contribution >= 4 is 27.7 Å². The molecule has 21 heavy (non-hydrogen) atoms. The Bertz CT molecular complexity index is 545. The highest BCUT2D eigenvalue weighted by molar-refractivity contribution is 9.10. The van der Waals surface area contributed by atoms with E-state index in [1.165, 1.54) is 21.9 Å². The number of hydrogen-bond acceptors (Lipinski definition) is 3. The number of carbonyl (C=O) groups excluding carboxylic acids is 2. The quantitative estimate of drug-likeness (QED) is 0.861. The molecule has 0 spiro atoms. The summed E-state index contributed by atoms with van der Waals surface area (Å²) in [5.41, 5.74) is -0.0315. The van der Waals surface area contributed by atoms with Crippen molar-refractivity contribution in [2.45, 2.75) is 6.04 Å². The second kappa shape index (κ2) is 6.53. The molecular formula is C14H17BrFN3O2. The van der Waals surface area contributed by atoms with Crippen LogP contribution >= 0.6 is 15.9 Å². The van der Waals surface area contributed by atoms with Gasteiger partial charge in [-0.3, -0.25) is 9.59 Å². The van der Waals surface area contributed by atoms with Crippen molar-refractivity contribution in [3.63, 3.8) is 0 Å². The van der Waals surface area contributed by atoms with Gasteiger partial charge >= 0.3 is 0 Å². The van der Waals surface area contributed by atoms with Crippen LogP contribution in [0.3, 0.4) is 0 Å². The van der Waals surface area contributed by atoms with Gasteiger partial charge in [0.05, 0.1) is 5.56 Å². The fourth-order valence-corrected chi connectivity index (χ4v) is 2.82. The SMILES string of the molecule is CN(C)C(=O)C1CNCCN1C(=O)c1c(F)cccc1Br. The fraction of sp³-hybridized carbons (Fsp3) is 0.429. The van der Waals surface area contributed by atoms with Crippen molar-refractivity contribution in [1.82, 2.24) is 15.1 Å². The lowest BCUT2D eigenvalue weighted by molar-refractivity contribution is -0.134. The molecule has 7 heteroatoms. The standard InChI is InChI=1S/C14H17BrFN3O2/c1-18(2)13(20)11-8-17-6-7-19(11)14(21)12-9(15)4-3-5-10(12)16/h3-5,11,17H,6-8H2,1-2H3. The van der Waals surface area contributed by atoms with Gasteiger partial charge in [0.15, 0.2) is 0 Å². The molecule has 0 aromatic heterocycles. The zero-order valence-corrected chi connectivity index (χ0v) is 13.5. The third-order valence-corrected chi connectivity index (χ3v) is 4.07. The van der Waals surface area contributed by atoms with Crippen molar-refractivity contribution < 1.29 is 14.0 Å². The molecule has 1 unspecified atom stereocenters. The van der Waals surface area contributed by atoms with E-state index in [0.29, 0.717) is 24.1 Å². The van der Waals surface area contributed by atoms with Crippen LogP contribution in [0.15, 0.2) is 22.7 Å². The Balaban J connectivity index is 2.33. The highest BCUT2D eigenvalue weighted by Gasteiger charge is 2.35. The van der Waals surface area contributed by atoms with Gasteiger partial charge in [-0.1, -0.05) is 6.07 Å². The number of likely N-dealkylation sites (N-methyl/N-ethyl adjacent to an activating group) is 1. The van der Waals surface area contributed by atoms with Gasteiger partial charge < -0.3 is 15.1 Å². The molecule has 1 saturated heterocycles. The van der Waals surface area contributed by atoms with Crippen molar-refractivity contribution in [3.05, 3.63) is 34.1 Å². The minimum atomic E-state index is -0.618. The maximum absolute atomic E-state index is 14.0. The number of hydrogen-bond donors (Lipinski definition) is 1. The summed E-state index contributed by atoms with van der Waals surface area (Å²) in [6.45, 7) is 1.31. The molecule has 0 radical (unpaired) electrons. The Morgan fingerprint density at radius 3 is 2.76 bits per heavy atom. The topological polar surface area (TPSA) is 52.7 Å². The second-order valence-corrected chi connectivity index (χ2v) is 5.90. The first-order valence-electron chi connectivity index (χ1n) is 6.60. The third kappa shape index (κ3) is 3.24. The minimum absolute atomic E-state index is 0.0315. The molecule has 1 aromatic rings. The molecule has 5 nitrogen and oxygen atoms in total. The summed E-state index contributed by atoms with van der Waals surface area (Å²) in [5.74, 6) is -1.24. The Morgan fingerprint density at radius 2 is 2.14 bits per heavy atom. The number of halogens is 2. The third-order valence-electron chi connectivity index (χ3n) is 3.41. The molecule has 114 valence electrons. The first kappa shape index (κ1) is 15.9. The monoisotopic (exact) mass is 357 g/mol. The van der Waals surface area contributed by atoms with Crippen molar-refractivity contribution in [1.29, 1.82) is 0 Å². The molecule has 1 N–H and O–H groups in total. The largest absolute Gasteiger partial charge is 0.347 e. The highest BCUT2D eigenvalue weighted by atomic mass is 79.9. The lowest BCUT2D eigenvalue weighted by Crippen LogP contribution is -2.59. The van der Waals surface area contributed by atoms with Crippen LogP contribution in [-0.4, -0.2) is 61.4 Å². The molecule has 1 atom stereocenters. The molecule has 2 rings (SSSR count). The smallest absolute Gasteiger partial charge is 0.258 e. The van der Waals surface area contributed by atoms with Crippen LogP contribution in [0.5, 0.6) is 0 Å². The van der Waals surface area contributed by atoms with Gasteiger partial charge in [0.1, 0.15) is 11.9 Å². The van der Waals surface area contributed by atoms with Crippen LogP contribution in [-0.2, 0) is 4.79 Å². The average Bonchev–Trinajstić information content (AvgIpc) is 2.46. The normalized spacial score (nSPS) is 18.5. The van der Waals surface area contributed by atoms with Crippen molar-refractivity contribution in [2.24, 2.45) is 0 Å². The molecule has 1 aromatic carbocycles. The number of nitrogens with zero attached hydrogens (tertiary/aromatic N) is 2. The van der Waals surface area contributed by atoms with E-state index in [1.807, 2.05) is 0 Å². The number of carbonyl (C=O) groups is 2. The lowest BCUT2D eigenvalue weighted by Gasteiger charge is -2.36. The Hall–Kier alpha value is -1.47. The van der Waals surface area contributed by atoms with Gasteiger partial charge in [0.25, 0.3) is 5.91 Å². The molecule has 1 aliphatic rings. The maximum Gasteiger partial charge on any atom is 0.258 e. The van der Waals surface area contributed by atoms with Gasteiger partial charge in [0.2, 0.25) is 5.91 Å². The van der Waals surface area contributed by atoms with Gasteiger partial charge in [-0.2, -0.15) is 0 Å². The maximum atomic E-state index is 14.0. The summed E-state index contributed by atoms with van der Waals surface area (Å²) in [7, 11) is 3.28. The average molecular weight is 358 g/mol. The van der Waals surface area contributed by atoms with E-state index in [9.17, 15) is 14.0 Å². The lowest BCUT2D eigenvalue weighted by atomic mass is 10.1.